The lowest BCUT2D eigenvalue weighted by Crippen LogP contribution is -2.16. The van der Waals surface area contributed by atoms with Gasteiger partial charge in [-0.05, 0) is 24.6 Å². The third kappa shape index (κ3) is 2.17. The van der Waals surface area contributed by atoms with Crippen LogP contribution in [0.4, 0.5) is 4.39 Å². The highest BCUT2D eigenvalue weighted by molar-refractivity contribution is 5.34. The van der Waals surface area contributed by atoms with Gasteiger partial charge in [0.25, 0.3) is 0 Å². The summed E-state index contributed by atoms with van der Waals surface area (Å²) in [6.07, 6.45) is 0.563. The number of phenols is 1. The van der Waals surface area contributed by atoms with Crippen LogP contribution in [0.3, 0.4) is 0 Å². The van der Waals surface area contributed by atoms with E-state index < -0.39 is 11.9 Å². The first-order valence-electron chi connectivity index (χ1n) is 4.07. The summed E-state index contributed by atoms with van der Waals surface area (Å²) in [5.74, 6) is -0.448. The fourth-order valence-electron chi connectivity index (χ4n) is 1.19. The average molecular weight is 185 g/mol. The topological polar surface area (TPSA) is 52.5 Å². The third-order valence-electron chi connectivity index (χ3n) is 1.93. The van der Waals surface area contributed by atoms with Crippen molar-refractivity contribution in [2.45, 2.75) is 19.4 Å². The predicted molar refractivity (Wildman–Crippen MR) is 46.0 cm³/mol. The van der Waals surface area contributed by atoms with Gasteiger partial charge >= 0.3 is 0 Å². The van der Waals surface area contributed by atoms with E-state index in [1.54, 1.807) is 0 Å². The number of nitrogens with one attached hydrogen (secondary N) is 1. The number of rotatable bonds is 3. The molecule has 1 aromatic carbocycles. The van der Waals surface area contributed by atoms with Crippen molar-refractivity contribution in [3.8, 4) is 5.75 Å². The molecule has 0 aromatic heterocycles. The monoisotopic (exact) mass is 185 g/mol. The van der Waals surface area contributed by atoms with Gasteiger partial charge in [-0.1, -0.05) is 6.92 Å². The maximum Gasteiger partial charge on any atom is 0.123 e. The van der Waals surface area contributed by atoms with Gasteiger partial charge in [0.15, 0.2) is 0 Å². The zero-order chi connectivity index (χ0) is 9.84. The molecule has 0 saturated heterocycles. The van der Waals surface area contributed by atoms with Gasteiger partial charge in [0.1, 0.15) is 11.6 Å². The highest BCUT2D eigenvalue weighted by atomic mass is 19.1. The van der Waals surface area contributed by atoms with Crippen LogP contribution >= 0.6 is 0 Å². The van der Waals surface area contributed by atoms with Crippen LogP contribution in [-0.2, 0) is 0 Å². The first-order valence-corrected chi connectivity index (χ1v) is 4.07. The maximum atomic E-state index is 12.8. The Bertz CT molecular complexity index is 287. The minimum atomic E-state index is -0.435. The molecule has 0 aliphatic carbocycles. The fraction of sp³-hybridized carbons (Fsp3) is 0.333. The molecule has 0 radical (unpaired) electrons. The van der Waals surface area contributed by atoms with Crippen molar-refractivity contribution in [2.24, 2.45) is 0 Å². The van der Waals surface area contributed by atoms with Crippen LogP contribution in [0.1, 0.15) is 24.9 Å². The zero-order valence-electron chi connectivity index (χ0n) is 7.29. The van der Waals surface area contributed by atoms with Gasteiger partial charge in [0, 0.05) is 5.56 Å². The van der Waals surface area contributed by atoms with Gasteiger partial charge in [-0.3, -0.25) is 0 Å². The molecule has 4 heteroatoms. The van der Waals surface area contributed by atoms with Crippen LogP contribution in [-0.4, -0.2) is 10.3 Å². The summed E-state index contributed by atoms with van der Waals surface area (Å²) in [5, 5.41) is 18.1. The lowest BCUT2D eigenvalue weighted by Gasteiger charge is -2.14. The van der Waals surface area contributed by atoms with Crippen LogP contribution in [0.2, 0.25) is 0 Å². The Morgan fingerprint density at radius 3 is 2.77 bits per heavy atom. The van der Waals surface area contributed by atoms with E-state index in [0.717, 1.165) is 0 Å². The van der Waals surface area contributed by atoms with E-state index in [1.165, 1.54) is 18.2 Å². The summed E-state index contributed by atoms with van der Waals surface area (Å²) in [4.78, 5) is 0. The summed E-state index contributed by atoms with van der Waals surface area (Å²) in [7, 11) is 0. The maximum absolute atomic E-state index is 12.8. The summed E-state index contributed by atoms with van der Waals surface area (Å²) in [6, 6.07) is 3.20. The van der Waals surface area contributed by atoms with Crippen LogP contribution in [0.25, 0.3) is 0 Å². The molecule has 0 spiro atoms. The van der Waals surface area contributed by atoms with Crippen molar-refractivity contribution < 1.29 is 14.7 Å². The number of hydrogen-bond donors (Lipinski definition) is 3. The van der Waals surface area contributed by atoms with E-state index in [4.69, 9.17) is 5.21 Å². The molecule has 0 aliphatic heterocycles. The van der Waals surface area contributed by atoms with Crippen molar-refractivity contribution in [2.75, 3.05) is 0 Å². The third-order valence-corrected chi connectivity index (χ3v) is 1.93. The highest BCUT2D eigenvalue weighted by Gasteiger charge is 2.12. The standard InChI is InChI=1S/C9H12FNO2/c1-2-8(11-13)7-5-6(10)3-4-9(7)12/h3-5,8,11-13H,2H2,1H3/t8-/m1/s1. The lowest BCUT2D eigenvalue weighted by molar-refractivity contribution is 0.122. The summed E-state index contributed by atoms with van der Waals surface area (Å²) >= 11 is 0. The van der Waals surface area contributed by atoms with E-state index in [9.17, 15) is 9.50 Å². The molecule has 0 unspecified atom stereocenters. The molecule has 0 fully saturated rings. The molecule has 1 rings (SSSR count). The van der Waals surface area contributed by atoms with Gasteiger partial charge in [-0.2, -0.15) is 5.48 Å². The van der Waals surface area contributed by atoms with Crippen molar-refractivity contribution in [3.63, 3.8) is 0 Å². The minimum Gasteiger partial charge on any atom is -0.508 e. The molecular formula is C9H12FNO2. The molecule has 0 heterocycles. The van der Waals surface area contributed by atoms with Crippen LogP contribution < -0.4 is 5.48 Å². The summed E-state index contributed by atoms with van der Waals surface area (Å²) in [5.41, 5.74) is 2.38. The number of halogens is 1. The quantitative estimate of drug-likeness (QED) is 0.631. The minimum absolute atomic E-state index is 0.0187. The van der Waals surface area contributed by atoms with Crippen molar-refractivity contribution in [1.82, 2.24) is 5.48 Å². The van der Waals surface area contributed by atoms with Gasteiger partial charge in [0.05, 0.1) is 6.04 Å². The smallest absolute Gasteiger partial charge is 0.123 e. The van der Waals surface area contributed by atoms with E-state index in [0.29, 0.717) is 12.0 Å². The Balaban J connectivity index is 3.03. The Kier molecular flexibility index (Phi) is 3.22. The Morgan fingerprint density at radius 2 is 2.23 bits per heavy atom. The number of benzene rings is 1. The number of phenolic OH excluding ortho intramolecular Hbond substituents is 1. The predicted octanol–water partition coefficient (Wildman–Crippen LogP) is 1.96. The second-order valence-corrected chi connectivity index (χ2v) is 2.79. The molecule has 0 saturated carbocycles. The van der Waals surface area contributed by atoms with Crippen molar-refractivity contribution >= 4 is 0 Å². The van der Waals surface area contributed by atoms with Crippen molar-refractivity contribution in [3.05, 3.63) is 29.6 Å². The zero-order valence-corrected chi connectivity index (χ0v) is 7.29. The molecular weight excluding hydrogens is 173 g/mol. The molecule has 1 atom stereocenters. The van der Waals surface area contributed by atoms with E-state index in [1.807, 2.05) is 12.4 Å². The summed E-state index contributed by atoms with van der Waals surface area (Å²) in [6.45, 7) is 1.82. The molecule has 0 bridgehead atoms. The Morgan fingerprint density at radius 1 is 1.54 bits per heavy atom. The fourth-order valence-corrected chi connectivity index (χ4v) is 1.19. The van der Waals surface area contributed by atoms with Crippen LogP contribution in [0, 0.1) is 5.82 Å². The second kappa shape index (κ2) is 4.20. The van der Waals surface area contributed by atoms with Crippen LogP contribution in [0.5, 0.6) is 5.75 Å². The van der Waals surface area contributed by atoms with Gasteiger partial charge < -0.3 is 10.3 Å². The van der Waals surface area contributed by atoms with Gasteiger partial charge in [-0.25, -0.2) is 4.39 Å². The first kappa shape index (κ1) is 9.95. The second-order valence-electron chi connectivity index (χ2n) is 2.79. The molecule has 72 valence electrons. The SMILES string of the molecule is CC[C@@H](NO)c1cc(F)ccc1O. The van der Waals surface area contributed by atoms with Crippen LogP contribution in [0.15, 0.2) is 18.2 Å². The highest BCUT2D eigenvalue weighted by Crippen LogP contribution is 2.26. The number of hydrogen-bond acceptors (Lipinski definition) is 3. The first-order chi connectivity index (χ1) is 6.19. The Labute approximate surface area is 75.8 Å². The molecule has 1 aromatic rings. The average Bonchev–Trinajstić information content (AvgIpc) is 2.13. The van der Waals surface area contributed by atoms with E-state index in [-0.39, 0.29) is 5.75 Å². The molecule has 3 N–H and O–H groups in total. The largest absolute Gasteiger partial charge is 0.508 e. The molecule has 0 aliphatic rings. The summed E-state index contributed by atoms with van der Waals surface area (Å²) < 4.78 is 12.8. The molecule has 0 amide bonds. The van der Waals surface area contributed by atoms with E-state index >= 15 is 0 Å². The molecule has 3 nitrogen and oxygen atoms in total. The normalized spacial score (nSPS) is 12.8. The lowest BCUT2D eigenvalue weighted by atomic mass is 10.0. The number of aromatic hydroxyl groups is 1. The Hall–Kier alpha value is -1.13. The molecule has 13 heavy (non-hydrogen) atoms. The van der Waals surface area contributed by atoms with Gasteiger partial charge in [-0.15, -0.1) is 0 Å². The van der Waals surface area contributed by atoms with Gasteiger partial charge in [0.2, 0.25) is 0 Å². The van der Waals surface area contributed by atoms with E-state index in [2.05, 4.69) is 0 Å². The number of hydroxylamine groups is 1. The van der Waals surface area contributed by atoms with Crippen molar-refractivity contribution in [1.29, 1.82) is 0 Å².